The standard InChI is InChI=1S/C20H35N5O3S.HI/c1-8-21-18(23-14-17(26)24-19(2,3)4)22-13-15-11-9-10-12-16(15)29(27,28)25-20(5,6)7;/h9-12,25H,8,13-14H2,1-7H3,(H,24,26)(H2,21,22,23);1H. The molecule has 0 saturated carbocycles. The van der Waals surface area contributed by atoms with Gasteiger partial charge in [-0.15, -0.1) is 24.0 Å². The van der Waals surface area contributed by atoms with Crippen molar-refractivity contribution in [2.45, 2.75) is 71.0 Å². The first kappa shape index (κ1) is 28.6. The van der Waals surface area contributed by atoms with E-state index >= 15 is 0 Å². The Bertz CT molecular complexity index is 828. The van der Waals surface area contributed by atoms with Crippen molar-refractivity contribution in [2.24, 2.45) is 4.99 Å². The van der Waals surface area contributed by atoms with Crippen molar-refractivity contribution in [3.63, 3.8) is 0 Å². The molecule has 4 N–H and O–H groups in total. The highest BCUT2D eigenvalue weighted by Gasteiger charge is 2.24. The van der Waals surface area contributed by atoms with Crippen LogP contribution in [0, 0.1) is 0 Å². The first-order valence-electron chi connectivity index (χ1n) is 9.68. The third kappa shape index (κ3) is 11.1. The van der Waals surface area contributed by atoms with Crippen LogP contribution in [0.15, 0.2) is 34.2 Å². The number of hydrogen-bond donors (Lipinski definition) is 4. The van der Waals surface area contributed by atoms with E-state index in [1.165, 1.54) is 0 Å². The largest absolute Gasteiger partial charge is 0.357 e. The number of halogens is 1. The van der Waals surface area contributed by atoms with E-state index < -0.39 is 15.6 Å². The average molecular weight is 554 g/mol. The Labute approximate surface area is 198 Å². The molecule has 0 aliphatic rings. The van der Waals surface area contributed by atoms with E-state index in [-0.39, 0.29) is 53.4 Å². The number of amides is 1. The molecule has 1 amide bonds. The molecule has 0 bridgehead atoms. The molecule has 0 spiro atoms. The predicted molar refractivity (Wildman–Crippen MR) is 133 cm³/mol. The van der Waals surface area contributed by atoms with Gasteiger partial charge in [0.2, 0.25) is 15.9 Å². The zero-order chi connectivity index (χ0) is 22.3. The van der Waals surface area contributed by atoms with Crippen LogP contribution in [0.25, 0.3) is 0 Å². The number of hydrogen-bond acceptors (Lipinski definition) is 4. The smallest absolute Gasteiger partial charge is 0.241 e. The van der Waals surface area contributed by atoms with Crippen molar-refractivity contribution in [3.8, 4) is 0 Å². The molecule has 0 radical (unpaired) electrons. The topological polar surface area (TPSA) is 112 Å². The molecule has 0 atom stereocenters. The summed E-state index contributed by atoms with van der Waals surface area (Å²) >= 11 is 0. The van der Waals surface area contributed by atoms with E-state index in [0.717, 1.165) is 0 Å². The first-order valence-corrected chi connectivity index (χ1v) is 11.2. The summed E-state index contributed by atoms with van der Waals surface area (Å²) in [5.74, 6) is 0.285. The molecule has 0 unspecified atom stereocenters. The number of nitrogens with zero attached hydrogens (tertiary/aromatic N) is 1. The molecule has 0 heterocycles. The molecule has 0 aliphatic heterocycles. The lowest BCUT2D eigenvalue weighted by Gasteiger charge is -2.21. The molecule has 0 aliphatic carbocycles. The van der Waals surface area contributed by atoms with Crippen LogP contribution in [0.2, 0.25) is 0 Å². The van der Waals surface area contributed by atoms with Crippen molar-refractivity contribution in [1.82, 2.24) is 20.7 Å². The fourth-order valence-electron chi connectivity index (χ4n) is 2.49. The van der Waals surface area contributed by atoms with Crippen LogP contribution in [-0.4, -0.2) is 44.5 Å². The maximum atomic E-state index is 12.7. The maximum absolute atomic E-state index is 12.7. The van der Waals surface area contributed by atoms with Crippen molar-refractivity contribution in [1.29, 1.82) is 0 Å². The number of guanidine groups is 1. The Morgan fingerprint density at radius 1 is 1.00 bits per heavy atom. The van der Waals surface area contributed by atoms with Crippen LogP contribution in [0.5, 0.6) is 0 Å². The summed E-state index contributed by atoms with van der Waals surface area (Å²) in [4.78, 5) is 16.7. The summed E-state index contributed by atoms with van der Waals surface area (Å²) in [6, 6.07) is 6.76. The lowest BCUT2D eigenvalue weighted by Crippen LogP contribution is -2.48. The van der Waals surface area contributed by atoms with Gasteiger partial charge >= 0.3 is 0 Å². The lowest BCUT2D eigenvalue weighted by atomic mass is 10.1. The van der Waals surface area contributed by atoms with Gasteiger partial charge in [0.1, 0.15) is 0 Å². The maximum Gasteiger partial charge on any atom is 0.241 e. The molecule has 10 heteroatoms. The van der Waals surface area contributed by atoms with Crippen molar-refractivity contribution in [3.05, 3.63) is 29.8 Å². The highest BCUT2D eigenvalue weighted by molar-refractivity contribution is 14.0. The Balaban J connectivity index is 0.00000841. The third-order valence-electron chi connectivity index (χ3n) is 3.39. The van der Waals surface area contributed by atoms with Gasteiger partial charge in [-0.2, -0.15) is 0 Å². The predicted octanol–water partition coefficient (Wildman–Crippen LogP) is 2.35. The Morgan fingerprint density at radius 3 is 2.13 bits per heavy atom. The van der Waals surface area contributed by atoms with Gasteiger partial charge in [-0.1, -0.05) is 18.2 Å². The highest BCUT2D eigenvalue weighted by Crippen LogP contribution is 2.18. The normalized spacial score (nSPS) is 12.7. The van der Waals surface area contributed by atoms with E-state index in [9.17, 15) is 13.2 Å². The number of carbonyl (C=O) groups is 1. The van der Waals surface area contributed by atoms with Crippen molar-refractivity contribution < 1.29 is 13.2 Å². The van der Waals surface area contributed by atoms with Gasteiger partial charge in [0.25, 0.3) is 0 Å². The highest BCUT2D eigenvalue weighted by atomic mass is 127. The minimum absolute atomic E-state index is 0. The third-order valence-corrected chi connectivity index (χ3v) is 5.24. The molecule has 1 rings (SSSR count). The first-order chi connectivity index (χ1) is 13.2. The van der Waals surface area contributed by atoms with Crippen LogP contribution in [0.3, 0.4) is 0 Å². The lowest BCUT2D eigenvalue weighted by molar-refractivity contribution is -0.121. The van der Waals surface area contributed by atoms with E-state index in [1.807, 2.05) is 27.7 Å². The molecule has 0 fully saturated rings. The fourth-order valence-corrected chi connectivity index (χ4v) is 4.14. The molecule has 0 saturated heterocycles. The SMILES string of the molecule is CCNC(=NCc1ccccc1S(=O)(=O)NC(C)(C)C)NCC(=O)NC(C)(C)C.I. The summed E-state index contributed by atoms with van der Waals surface area (Å²) in [6.07, 6.45) is 0. The van der Waals surface area contributed by atoms with Gasteiger partial charge in [0, 0.05) is 17.6 Å². The number of carbonyl (C=O) groups excluding carboxylic acids is 1. The molecular formula is C20H36IN5O3S. The van der Waals surface area contributed by atoms with Gasteiger partial charge < -0.3 is 16.0 Å². The second-order valence-corrected chi connectivity index (χ2v) is 10.5. The number of benzene rings is 1. The van der Waals surface area contributed by atoms with Crippen LogP contribution >= 0.6 is 24.0 Å². The zero-order valence-electron chi connectivity index (χ0n) is 18.9. The molecular weight excluding hydrogens is 517 g/mol. The van der Waals surface area contributed by atoms with Gasteiger partial charge in [-0.3, -0.25) is 4.79 Å². The number of sulfonamides is 1. The summed E-state index contributed by atoms with van der Waals surface area (Å²) in [7, 11) is -3.68. The van der Waals surface area contributed by atoms with Crippen LogP contribution < -0.4 is 20.7 Å². The molecule has 30 heavy (non-hydrogen) atoms. The van der Waals surface area contributed by atoms with Crippen LogP contribution in [0.1, 0.15) is 54.0 Å². The van der Waals surface area contributed by atoms with E-state index in [0.29, 0.717) is 18.1 Å². The molecule has 1 aromatic carbocycles. The molecule has 172 valence electrons. The van der Waals surface area contributed by atoms with Gasteiger partial charge in [-0.25, -0.2) is 18.1 Å². The van der Waals surface area contributed by atoms with E-state index in [2.05, 4.69) is 25.7 Å². The quantitative estimate of drug-likeness (QED) is 0.235. The summed E-state index contributed by atoms with van der Waals surface area (Å²) in [5.41, 5.74) is -0.339. The number of rotatable bonds is 7. The number of aliphatic imine (C=N–C) groups is 1. The summed E-state index contributed by atoms with van der Waals surface area (Å²) in [6.45, 7) is 13.8. The Hall–Kier alpha value is -1.40. The van der Waals surface area contributed by atoms with Gasteiger partial charge in [0.15, 0.2) is 5.96 Å². The van der Waals surface area contributed by atoms with Gasteiger partial charge in [-0.05, 0) is 60.1 Å². The molecule has 1 aromatic rings. The Kier molecular flexibility index (Phi) is 11.3. The fraction of sp³-hybridized carbons (Fsp3) is 0.600. The minimum Gasteiger partial charge on any atom is -0.357 e. The number of nitrogens with one attached hydrogen (secondary N) is 4. The minimum atomic E-state index is -3.68. The summed E-state index contributed by atoms with van der Waals surface area (Å²) < 4.78 is 28.2. The average Bonchev–Trinajstić information content (AvgIpc) is 2.54. The summed E-state index contributed by atoms with van der Waals surface area (Å²) in [5, 5.41) is 8.90. The monoisotopic (exact) mass is 553 g/mol. The Morgan fingerprint density at radius 2 is 1.60 bits per heavy atom. The zero-order valence-corrected chi connectivity index (χ0v) is 22.1. The van der Waals surface area contributed by atoms with Crippen LogP contribution in [-0.2, 0) is 21.4 Å². The second kappa shape index (κ2) is 11.8. The van der Waals surface area contributed by atoms with E-state index in [1.54, 1.807) is 45.0 Å². The second-order valence-electron chi connectivity index (χ2n) is 8.81. The molecule has 0 aromatic heterocycles. The van der Waals surface area contributed by atoms with Gasteiger partial charge in [0.05, 0.1) is 18.0 Å². The van der Waals surface area contributed by atoms with Crippen molar-refractivity contribution >= 4 is 45.9 Å². The van der Waals surface area contributed by atoms with E-state index in [4.69, 9.17) is 0 Å². The molecule has 8 nitrogen and oxygen atoms in total. The van der Waals surface area contributed by atoms with Crippen LogP contribution in [0.4, 0.5) is 0 Å². The van der Waals surface area contributed by atoms with Crippen molar-refractivity contribution in [2.75, 3.05) is 13.1 Å².